The molecule has 0 aliphatic carbocycles. The molecule has 23 heavy (non-hydrogen) atoms. The summed E-state index contributed by atoms with van der Waals surface area (Å²) in [5, 5.41) is 0.00502. The zero-order chi connectivity index (χ0) is 17.6. The van der Waals surface area contributed by atoms with Gasteiger partial charge >= 0.3 is 6.18 Å². The van der Waals surface area contributed by atoms with Crippen molar-refractivity contribution in [3.8, 4) is 0 Å². The molecular weight excluding hydrogens is 331 g/mol. The van der Waals surface area contributed by atoms with Gasteiger partial charge in [-0.25, -0.2) is 0 Å². The molecule has 1 unspecified atom stereocenters. The Morgan fingerprint density at radius 3 is 2.61 bits per heavy atom. The van der Waals surface area contributed by atoms with Crippen LogP contribution in [-0.2, 0) is 22.3 Å². The van der Waals surface area contributed by atoms with Gasteiger partial charge in [-0.15, -0.1) is 0 Å². The number of alkyl halides is 3. The zero-order valence-electron chi connectivity index (χ0n) is 13.0. The average Bonchev–Trinajstić information content (AvgIpc) is 2.48. The van der Waals surface area contributed by atoms with E-state index in [0.717, 1.165) is 12.1 Å². The van der Waals surface area contributed by atoms with Crippen LogP contribution in [0.25, 0.3) is 0 Å². The minimum Gasteiger partial charge on any atom is -0.372 e. The Bertz CT molecular complexity index is 561. The Hall–Kier alpha value is -1.53. The van der Waals surface area contributed by atoms with Crippen LogP contribution in [0.4, 0.5) is 13.2 Å². The normalized spacial score (nSPS) is 12.8. The fraction of sp³-hybridized carbons (Fsp3) is 0.438. The Morgan fingerprint density at radius 1 is 1.43 bits per heavy atom. The molecule has 0 saturated heterocycles. The van der Waals surface area contributed by atoms with Gasteiger partial charge < -0.3 is 9.64 Å². The van der Waals surface area contributed by atoms with E-state index < -0.39 is 11.7 Å². The van der Waals surface area contributed by atoms with E-state index >= 15 is 0 Å². The van der Waals surface area contributed by atoms with Crippen LogP contribution < -0.4 is 0 Å². The van der Waals surface area contributed by atoms with Crippen LogP contribution in [0, 0.1) is 0 Å². The van der Waals surface area contributed by atoms with Crippen molar-refractivity contribution in [3.63, 3.8) is 0 Å². The quantitative estimate of drug-likeness (QED) is 0.687. The zero-order valence-corrected chi connectivity index (χ0v) is 13.7. The summed E-state index contributed by atoms with van der Waals surface area (Å²) >= 11 is 5.73. The predicted molar refractivity (Wildman–Crippen MR) is 83.2 cm³/mol. The lowest BCUT2D eigenvalue weighted by molar-refractivity contribution is -0.137. The van der Waals surface area contributed by atoms with Crippen molar-refractivity contribution in [2.45, 2.75) is 32.2 Å². The van der Waals surface area contributed by atoms with E-state index in [1.165, 1.54) is 17.0 Å². The third-order valence-electron chi connectivity index (χ3n) is 3.25. The van der Waals surface area contributed by atoms with Crippen molar-refractivity contribution in [2.24, 2.45) is 0 Å². The molecule has 0 aliphatic rings. The number of ether oxygens (including phenoxy) is 1. The van der Waals surface area contributed by atoms with E-state index in [2.05, 4.69) is 6.58 Å². The van der Waals surface area contributed by atoms with E-state index in [4.69, 9.17) is 16.3 Å². The first-order chi connectivity index (χ1) is 10.7. The monoisotopic (exact) mass is 349 g/mol. The number of rotatable bonds is 7. The highest BCUT2D eigenvalue weighted by Gasteiger charge is 2.31. The molecule has 1 aromatic rings. The molecule has 1 aromatic carbocycles. The van der Waals surface area contributed by atoms with Crippen LogP contribution in [0.5, 0.6) is 0 Å². The van der Waals surface area contributed by atoms with Crippen LogP contribution in [0.3, 0.4) is 0 Å². The summed E-state index contributed by atoms with van der Waals surface area (Å²) in [4.78, 5) is 12.9. The number of hydrogen-bond acceptors (Lipinski definition) is 2. The minimum absolute atomic E-state index is 0.00502. The molecule has 0 fully saturated rings. The molecule has 0 N–H and O–H groups in total. The highest BCUT2D eigenvalue weighted by Crippen LogP contribution is 2.32. The molecule has 3 nitrogen and oxygen atoms in total. The molecule has 0 aromatic heterocycles. The van der Waals surface area contributed by atoms with Crippen molar-refractivity contribution < 1.29 is 22.7 Å². The largest absolute Gasteiger partial charge is 0.416 e. The number of carbonyl (C=O) groups excluding carboxylic acids is 1. The molecule has 1 atom stereocenters. The van der Waals surface area contributed by atoms with Gasteiger partial charge in [0.25, 0.3) is 0 Å². The number of benzene rings is 1. The molecule has 128 valence electrons. The van der Waals surface area contributed by atoms with E-state index in [-0.39, 0.29) is 23.6 Å². The standard InChI is InChI=1S/C16H19ClF3NO2/c1-4-14(9-21(3)15(22)5-2)23-10-11-6-12(16(18,19)20)8-13(17)7-11/h5-8,14H,2,4,9-10H2,1,3H3. The summed E-state index contributed by atoms with van der Waals surface area (Å²) in [5.74, 6) is -0.242. The number of amides is 1. The summed E-state index contributed by atoms with van der Waals surface area (Å²) in [6.07, 6.45) is -2.95. The van der Waals surface area contributed by atoms with Crippen molar-refractivity contribution in [2.75, 3.05) is 13.6 Å². The summed E-state index contributed by atoms with van der Waals surface area (Å²) in [6.45, 7) is 5.58. The van der Waals surface area contributed by atoms with Crippen molar-refractivity contribution >= 4 is 17.5 Å². The Balaban J connectivity index is 2.74. The van der Waals surface area contributed by atoms with Crippen molar-refractivity contribution in [1.29, 1.82) is 0 Å². The maximum absolute atomic E-state index is 12.8. The van der Waals surface area contributed by atoms with E-state index in [0.29, 0.717) is 18.5 Å². The predicted octanol–water partition coefficient (Wildman–Crippen LogP) is 4.30. The third-order valence-corrected chi connectivity index (χ3v) is 3.47. The van der Waals surface area contributed by atoms with Gasteiger partial charge in [0.05, 0.1) is 18.3 Å². The van der Waals surface area contributed by atoms with Gasteiger partial charge in [-0.2, -0.15) is 13.2 Å². The van der Waals surface area contributed by atoms with Gasteiger partial charge in [0, 0.05) is 18.6 Å². The lowest BCUT2D eigenvalue weighted by Crippen LogP contribution is -2.34. The van der Waals surface area contributed by atoms with Gasteiger partial charge in [-0.3, -0.25) is 4.79 Å². The van der Waals surface area contributed by atoms with Crippen LogP contribution in [0.1, 0.15) is 24.5 Å². The second-order valence-electron chi connectivity index (χ2n) is 5.11. The molecule has 1 rings (SSSR count). The average molecular weight is 350 g/mol. The molecular formula is C16H19ClF3NO2. The number of carbonyl (C=O) groups is 1. The second-order valence-corrected chi connectivity index (χ2v) is 5.55. The van der Waals surface area contributed by atoms with Crippen molar-refractivity contribution in [3.05, 3.63) is 47.0 Å². The fourth-order valence-electron chi connectivity index (χ4n) is 1.96. The second kappa shape index (κ2) is 8.36. The Kier molecular flexibility index (Phi) is 7.09. The summed E-state index contributed by atoms with van der Waals surface area (Å²) in [6, 6.07) is 3.32. The highest BCUT2D eigenvalue weighted by molar-refractivity contribution is 6.30. The third kappa shape index (κ3) is 6.23. The lowest BCUT2D eigenvalue weighted by Gasteiger charge is -2.23. The molecule has 0 heterocycles. The smallest absolute Gasteiger partial charge is 0.372 e. The highest BCUT2D eigenvalue weighted by atomic mass is 35.5. The first-order valence-electron chi connectivity index (χ1n) is 7.03. The number of hydrogen-bond donors (Lipinski definition) is 0. The Labute approximate surface area is 138 Å². The summed E-state index contributed by atoms with van der Waals surface area (Å²) < 4.78 is 43.9. The van der Waals surface area contributed by atoms with Gasteiger partial charge in [0.1, 0.15) is 0 Å². The van der Waals surface area contributed by atoms with Gasteiger partial charge in [-0.05, 0) is 36.3 Å². The van der Waals surface area contributed by atoms with Crippen LogP contribution in [0.15, 0.2) is 30.9 Å². The van der Waals surface area contributed by atoms with Crippen molar-refractivity contribution in [1.82, 2.24) is 4.90 Å². The molecule has 7 heteroatoms. The first-order valence-corrected chi connectivity index (χ1v) is 7.41. The maximum Gasteiger partial charge on any atom is 0.416 e. The Morgan fingerprint density at radius 2 is 2.09 bits per heavy atom. The lowest BCUT2D eigenvalue weighted by atomic mass is 10.1. The maximum atomic E-state index is 12.8. The molecule has 0 saturated carbocycles. The first kappa shape index (κ1) is 19.5. The summed E-state index contributed by atoms with van der Waals surface area (Å²) in [5.41, 5.74) is -0.475. The minimum atomic E-state index is -4.46. The fourth-order valence-corrected chi connectivity index (χ4v) is 2.22. The molecule has 0 radical (unpaired) electrons. The SMILES string of the molecule is C=CC(=O)N(C)CC(CC)OCc1cc(Cl)cc(C(F)(F)F)c1. The number of likely N-dealkylation sites (N-methyl/N-ethyl adjacent to an activating group) is 1. The van der Waals surface area contributed by atoms with Crippen LogP contribution >= 0.6 is 11.6 Å². The molecule has 0 spiro atoms. The van der Waals surface area contributed by atoms with Crippen LogP contribution in [0.2, 0.25) is 5.02 Å². The van der Waals surface area contributed by atoms with Gasteiger partial charge in [0.15, 0.2) is 0 Å². The van der Waals surface area contributed by atoms with E-state index in [1.54, 1.807) is 7.05 Å². The van der Waals surface area contributed by atoms with E-state index in [9.17, 15) is 18.0 Å². The van der Waals surface area contributed by atoms with Gasteiger partial charge in [0.2, 0.25) is 5.91 Å². The molecule has 1 amide bonds. The number of nitrogens with zero attached hydrogens (tertiary/aromatic N) is 1. The number of halogens is 4. The summed E-state index contributed by atoms with van der Waals surface area (Å²) in [7, 11) is 1.61. The van der Waals surface area contributed by atoms with Gasteiger partial charge in [-0.1, -0.05) is 25.1 Å². The molecule has 0 aliphatic heterocycles. The topological polar surface area (TPSA) is 29.5 Å². The van der Waals surface area contributed by atoms with E-state index in [1.807, 2.05) is 6.92 Å². The molecule has 0 bridgehead atoms. The van der Waals surface area contributed by atoms with Crippen LogP contribution in [-0.4, -0.2) is 30.5 Å².